The smallest absolute Gasteiger partial charge is 0.308 e. The van der Waals surface area contributed by atoms with Gasteiger partial charge in [0, 0.05) is 0 Å². The Bertz CT molecular complexity index is 284. The first-order chi connectivity index (χ1) is 6.87. The van der Waals surface area contributed by atoms with E-state index in [1.165, 1.54) is 0 Å². The van der Waals surface area contributed by atoms with Crippen molar-refractivity contribution < 1.29 is 27.2 Å². The summed E-state index contributed by atoms with van der Waals surface area (Å²) in [6.07, 6.45) is 0.685. The standard InChI is InChI=1S/C8H16O6S/c1-3-7(2)8(9)14-5-4-13-6-15(10,11)12/h7H,3-6H2,1-2H3,(H,10,11,12). The number of carbonyl (C=O) groups excluding carboxylic acids is 1. The van der Waals surface area contributed by atoms with E-state index in [1.54, 1.807) is 6.92 Å². The first kappa shape index (κ1) is 14.3. The van der Waals surface area contributed by atoms with E-state index in [2.05, 4.69) is 4.74 Å². The molecule has 0 rings (SSSR count). The highest BCUT2D eigenvalue weighted by Crippen LogP contribution is 2.02. The van der Waals surface area contributed by atoms with Crippen molar-refractivity contribution in [3.05, 3.63) is 0 Å². The van der Waals surface area contributed by atoms with Gasteiger partial charge in [-0.05, 0) is 6.42 Å². The molecule has 0 aromatic heterocycles. The number of ether oxygens (including phenoxy) is 2. The van der Waals surface area contributed by atoms with Crippen molar-refractivity contribution in [3.63, 3.8) is 0 Å². The predicted molar refractivity (Wildman–Crippen MR) is 52.8 cm³/mol. The van der Waals surface area contributed by atoms with Crippen molar-refractivity contribution in [3.8, 4) is 0 Å². The zero-order chi connectivity index (χ0) is 11.9. The van der Waals surface area contributed by atoms with Gasteiger partial charge in [-0.25, -0.2) is 0 Å². The molecule has 0 radical (unpaired) electrons. The van der Waals surface area contributed by atoms with Crippen molar-refractivity contribution in [2.24, 2.45) is 5.92 Å². The first-order valence-corrected chi connectivity index (χ1v) is 6.17. The highest BCUT2D eigenvalue weighted by molar-refractivity contribution is 7.85. The van der Waals surface area contributed by atoms with Crippen molar-refractivity contribution in [2.45, 2.75) is 20.3 Å². The second-order valence-corrected chi connectivity index (χ2v) is 4.48. The third kappa shape index (κ3) is 8.34. The van der Waals surface area contributed by atoms with Crippen LogP contribution in [-0.4, -0.2) is 38.1 Å². The van der Waals surface area contributed by atoms with Crippen LogP contribution in [0.2, 0.25) is 0 Å². The molecule has 90 valence electrons. The maximum Gasteiger partial charge on any atom is 0.308 e. The molecular formula is C8H16O6S. The fourth-order valence-electron chi connectivity index (χ4n) is 0.674. The molecule has 0 bridgehead atoms. The summed E-state index contributed by atoms with van der Waals surface area (Å²) >= 11 is 0. The Morgan fingerprint density at radius 1 is 1.40 bits per heavy atom. The fraction of sp³-hybridized carbons (Fsp3) is 0.875. The van der Waals surface area contributed by atoms with Crippen LogP contribution in [0.15, 0.2) is 0 Å². The number of carbonyl (C=O) groups is 1. The molecule has 1 N–H and O–H groups in total. The Kier molecular flexibility index (Phi) is 6.46. The van der Waals surface area contributed by atoms with Crippen molar-refractivity contribution in [1.29, 1.82) is 0 Å². The van der Waals surface area contributed by atoms with Crippen LogP contribution in [0.3, 0.4) is 0 Å². The van der Waals surface area contributed by atoms with Crippen LogP contribution in [0, 0.1) is 5.92 Å². The molecule has 0 spiro atoms. The molecular weight excluding hydrogens is 224 g/mol. The van der Waals surface area contributed by atoms with Gasteiger partial charge >= 0.3 is 5.97 Å². The summed E-state index contributed by atoms with van der Waals surface area (Å²) in [5.41, 5.74) is 0. The Hall–Kier alpha value is -0.660. The molecule has 0 heterocycles. The summed E-state index contributed by atoms with van der Waals surface area (Å²) in [6.45, 7) is 3.53. The molecule has 0 aliphatic carbocycles. The van der Waals surface area contributed by atoms with Crippen molar-refractivity contribution in [1.82, 2.24) is 0 Å². The molecule has 7 heteroatoms. The van der Waals surface area contributed by atoms with Crippen LogP contribution in [0.5, 0.6) is 0 Å². The molecule has 0 aromatic rings. The third-order valence-electron chi connectivity index (χ3n) is 1.72. The topological polar surface area (TPSA) is 89.9 Å². The maximum atomic E-state index is 11.1. The van der Waals surface area contributed by atoms with E-state index in [0.717, 1.165) is 0 Å². The lowest BCUT2D eigenvalue weighted by atomic mass is 10.1. The average molecular weight is 240 g/mol. The second-order valence-electron chi connectivity index (χ2n) is 3.08. The SMILES string of the molecule is CCC(C)C(=O)OCCOCS(=O)(=O)O. The average Bonchev–Trinajstić information content (AvgIpc) is 2.14. The van der Waals surface area contributed by atoms with Gasteiger partial charge in [0.05, 0.1) is 12.5 Å². The number of rotatable bonds is 7. The lowest BCUT2D eigenvalue weighted by Crippen LogP contribution is -2.18. The zero-order valence-electron chi connectivity index (χ0n) is 8.80. The highest BCUT2D eigenvalue weighted by atomic mass is 32.2. The van der Waals surface area contributed by atoms with E-state index in [4.69, 9.17) is 9.29 Å². The normalized spacial score (nSPS) is 13.5. The molecule has 1 atom stereocenters. The largest absolute Gasteiger partial charge is 0.463 e. The lowest BCUT2D eigenvalue weighted by Gasteiger charge is -2.08. The van der Waals surface area contributed by atoms with Gasteiger partial charge in [-0.3, -0.25) is 9.35 Å². The quantitative estimate of drug-likeness (QED) is 0.394. The van der Waals surface area contributed by atoms with E-state index in [0.29, 0.717) is 6.42 Å². The van der Waals surface area contributed by atoms with E-state index >= 15 is 0 Å². The summed E-state index contributed by atoms with van der Waals surface area (Å²) in [5, 5.41) is 0. The predicted octanol–water partition coefficient (Wildman–Crippen LogP) is 0.438. The molecule has 0 saturated carbocycles. The minimum atomic E-state index is -4.11. The maximum absolute atomic E-state index is 11.1. The molecule has 0 aromatic carbocycles. The second kappa shape index (κ2) is 6.76. The van der Waals surface area contributed by atoms with Crippen LogP contribution in [0.1, 0.15) is 20.3 Å². The minimum Gasteiger partial charge on any atom is -0.463 e. The van der Waals surface area contributed by atoms with Crippen LogP contribution < -0.4 is 0 Å². The molecule has 0 amide bonds. The number of hydrogen-bond donors (Lipinski definition) is 1. The van der Waals surface area contributed by atoms with Crippen molar-refractivity contribution in [2.75, 3.05) is 19.2 Å². The van der Waals surface area contributed by atoms with Crippen LogP contribution in [-0.2, 0) is 24.4 Å². The summed E-state index contributed by atoms with van der Waals surface area (Å²) in [6, 6.07) is 0. The fourth-order valence-corrected chi connectivity index (χ4v) is 1.00. The van der Waals surface area contributed by atoms with Gasteiger partial charge in [0.15, 0.2) is 5.94 Å². The van der Waals surface area contributed by atoms with Gasteiger partial charge in [-0.15, -0.1) is 0 Å². The highest BCUT2D eigenvalue weighted by Gasteiger charge is 2.11. The monoisotopic (exact) mass is 240 g/mol. The molecule has 0 aliphatic rings. The molecule has 0 fully saturated rings. The van der Waals surface area contributed by atoms with Gasteiger partial charge in [-0.1, -0.05) is 13.8 Å². The Morgan fingerprint density at radius 2 is 2.00 bits per heavy atom. The minimum absolute atomic E-state index is 0.0152. The molecule has 1 unspecified atom stereocenters. The van der Waals surface area contributed by atoms with Crippen LogP contribution in [0.25, 0.3) is 0 Å². The lowest BCUT2D eigenvalue weighted by molar-refractivity contribution is -0.149. The van der Waals surface area contributed by atoms with Crippen LogP contribution in [0.4, 0.5) is 0 Å². The van der Waals surface area contributed by atoms with Gasteiger partial charge < -0.3 is 9.47 Å². The number of esters is 1. The third-order valence-corrected chi connectivity index (χ3v) is 2.18. The van der Waals surface area contributed by atoms with E-state index < -0.39 is 16.1 Å². The summed E-state index contributed by atoms with van der Waals surface area (Å²) in [5.74, 6) is -1.30. The summed E-state index contributed by atoms with van der Waals surface area (Å²) in [4.78, 5) is 11.1. The zero-order valence-corrected chi connectivity index (χ0v) is 9.62. The Balaban J connectivity index is 3.51. The summed E-state index contributed by atoms with van der Waals surface area (Å²) in [7, 11) is -4.11. The molecule has 0 aliphatic heterocycles. The first-order valence-electron chi connectivity index (χ1n) is 4.56. The van der Waals surface area contributed by atoms with Gasteiger partial charge in [0.25, 0.3) is 10.1 Å². The van der Waals surface area contributed by atoms with E-state index in [-0.39, 0.29) is 25.1 Å². The molecule has 6 nitrogen and oxygen atoms in total. The van der Waals surface area contributed by atoms with Crippen molar-refractivity contribution >= 4 is 16.1 Å². The van der Waals surface area contributed by atoms with E-state index in [1.807, 2.05) is 6.92 Å². The Morgan fingerprint density at radius 3 is 2.47 bits per heavy atom. The number of hydrogen-bond acceptors (Lipinski definition) is 5. The van der Waals surface area contributed by atoms with Gasteiger partial charge in [-0.2, -0.15) is 8.42 Å². The molecule has 0 saturated heterocycles. The van der Waals surface area contributed by atoms with E-state index in [9.17, 15) is 13.2 Å². The summed E-state index contributed by atoms with van der Waals surface area (Å²) < 4.78 is 38.0. The molecule has 15 heavy (non-hydrogen) atoms. The van der Waals surface area contributed by atoms with Gasteiger partial charge in [0.2, 0.25) is 0 Å². The Labute approximate surface area is 89.3 Å². The van der Waals surface area contributed by atoms with Crippen LogP contribution >= 0.6 is 0 Å². The van der Waals surface area contributed by atoms with Gasteiger partial charge in [0.1, 0.15) is 6.61 Å².